The molecule has 3 heteroatoms. The van der Waals surface area contributed by atoms with Gasteiger partial charge < -0.3 is 4.90 Å². The predicted molar refractivity (Wildman–Crippen MR) is 70.0 cm³/mol. The minimum absolute atomic E-state index is 0.0255. The fraction of sp³-hybridized carbons (Fsp3) is 0.533. The highest BCUT2D eigenvalue weighted by Crippen LogP contribution is 2.24. The Morgan fingerprint density at radius 3 is 2.72 bits per heavy atom. The zero-order valence-corrected chi connectivity index (χ0v) is 11.2. The summed E-state index contributed by atoms with van der Waals surface area (Å²) >= 11 is 0. The highest BCUT2D eigenvalue weighted by atomic mass is 19.1. The van der Waals surface area contributed by atoms with Gasteiger partial charge in [-0.1, -0.05) is 6.92 Å². The monoisotopic (exact) mass is 249 g/mol. The molecule has 98 valence electrons. The number of rotatable bonds is 1. The molecule has 1 aromatic carbocycles. The van der Waals surface area contributed by atoms with Crippen LogP contribution < -0.4 is 0 Å². The molecular weight excluding hydrogens is 229 g/mol. The number of aryl methyl sites for hydroxylation is 1. The molecule has 1 amide bonds. The van der Waals surface area contributed by atoms with Gasteiger partial charge in [0.2, 0.25) is 0 Å². The standard InChI is InChI=1S/C15H20FNO/c1-10-6-7-17(12(3)8-10)15(18)13-4-5-14(16)11(2)9-13/h4-5,9-10,12H,6-8H2,1-3H3. The zero-order chi connectivity index (χ0) is 13.3. The summed E-state index contributed by atoms with van der Waals surface area (Å²) in [6, 6.07) is 4.86. The average Bonchev–Trinajstić information content (AvgIpc) is 2.32. The Balaban J connectivity index is 2.18. The van der Waals surface area contributed by atoms with Crippen molar-refractivity contribution in [3.05, 3.63) is 35.1 Å². The van der Waals surface area contributed by atoms with Gasteiger partial charge in [0, 0.05) is 18.2 Å². The summed E-state index contributed by atoms with van der Waals surface area (Å²) in [5.74, 6) is 0.448. The van der Waals surface area contributed by atoms with Crippen LogP contribution in [0.1, 0.15) is 42.6 Å². The summed E-state index contributed by atoms with van der Waals surface area (Å²) in [5, 5.41) is 0. The number of amides is 1. The lowest BCUT2D eigenvalue weighted by atomic mass is 9.93. The summed E-state index contributed by atoms with van der Waals surface area (Å²) in [7, 11) is 0. The molecule has 1 fully saturated rings. The first kappa shape index (κ1) is 13.1. The Morgan fingerprint density at radius 2 is 2.11 bits per heavy atom. The molecule has 1 saturated heterocycles. The molecule has 2 rings (SSSR count). The molecule has 0 aliphatic carbocycles. The van der Waals surface area contributed by atoms with Crippen LogP contribution in [0.5, 0.6) is 0 Å². The Bertz CT molecular complexity index is 458. The summed E-state index contributed by atoms with van der Waals surface area (Å²) in [6.07, 6.45) is 2.10. The number of benzene rings is 1. The summed E-state index contributed by atoms with van der Waals surface area (Å²) in [6.45, 7) is 6.80. The van der Waals surface area contributed by atoms with Crippen molar-refractivity contribution in [1.29, 1.82) is 0 Å². The molecule has 0 aromatic heterocycles. The van der Waals surface area contributed by atoms with Gasteiger partial charge in [-0.2, -0.15) is 0 Å². The van der Waals surface area contributed by atoms with E-state index < -0.39 is 0 Å². The van der Waals surface area contributed by atoms with Crippen LogP contribution in [0.4, 0.5) is 4.39 Å². The van der Waals surface area contributed by atoms with Crippen LogP contribution in [0.3, 0.4) is 0 Å². The maximum absolute atomic E-state index is 13.2. The van der Waals surface area contributed by atoms with Gasteiger partial charge in [0.05, 0.1) is 0 Å². The maximum atomic E-state index is 13.2. The predicted octanol–water partition coefficient (Wildman–Crippen LogP) is 3.39. The number of carbonyl (C=O) groups excluding carboxylic acids is 1. The Kier molecular flexibility index (Phi) is 3.69. The first-order valence-electron chi connectivity index (χ1n) is 6.56. The van der Waals surface area contributed by atoms with E-state index >= 15 is 0 Å². The van der Waals surface area contributed by atoms with Crippen molar-refractivity contribution in [2.45, 2.75) is 39.7 Å². The van der Waals surface area contributed by atoms with Crippen molar-refractivity contribution in [2.24, 2.45) is 5.92 Å². The van der Waals surface area contributed by atoms with E-state index in [-0.39, 0.29) is 17.8 Å². The van der Waals surface area contributed by atoms with Gasteiger partial charge in [-0.3, -0.25) is 4.79 Å². The van der Waals surface area contributed by atoms with Crippen LogP contribution in [0.15, 0.2) is 18.2 Å². The third-order valence-electron chi connectivity index (χ3n) is 3.80. The number of halogens is 1. The average molecular weight is 249 g/mol. The van der Waals surface area contributed by atoms with Gasteiger partial charge in [-0.25, -0.2) is 4.39 Å². The minimum atomic E-state index is -0.258. The van der Waals surface area contributed by atoms with Crippen LogP contribution in [0, 0.1) is 18.7 Å². The van der Waals surface area contributed by atoms with E-state index in [4.69, 9.17) is 0 Å². The molecule has 0 saturated carbocycles. The quantitative estimate of drug-likeness (QED) is 0.747. The van der Waals surface area contributed by atoms with Crippen LogP contribution in [-0.4, -0.2) is 23.4 Å². The van der Waals surface area contributed by atoms with E-state index in [9.17, 15) is 9.18 Å². The molecule has 1 aliphatic heterocycles. The lowest BCUT2D eigenvalue weighted by molar-refractivity contribution is 0.0588. The molecular formula is C15H20FNO. The van der Waals surface area contributed by atoms with E-state index in [2.05, 4.69) is 13.8 Å². The molecule has 1 aromatic rings. The lowest BCUT2D eigenvalue weighted by Gasteiger charge is -2.36. The van der Waals surface area contributed by atoms with Crippen LogP contribution in [0.2, 0.25) is 0 Å². The Hall–Kier alpha value is -1.38. The third-order valence-corrected chi connectivity index (χ3v) is 3.80. The first-order chi connectivity index (χ1) is 8.49. The fourth-order valence-corrected chi connectivity index (χ4v) is 2.65. The first-order valence-corrected chi connectivity index (χ1v) is 6.56. The Morgan fingerprint density at radius 1 is 1.39 bits per heavy atom. The van der Waals surface area contributed by atoms with E-state index in [1.807, 2.05) is 4.90 Å². The van der Waals surface area contributed by atoms with Gasteiger partial charge in [0.15, 0.2) is 0 Å². The van der Waals surface area contributed by atoms with Crippen LogP contribution >= 0.6 is 0 Å². The van der Waals surface area contributed by atoms with E-state index in [0.29, 0.717) is 17.0 Å². The second kappa shape index (κ2) is 5.09. The van der Waals surface area contributed by atoms with Gasteiger partial charge in [-0.15, -0.1) is 0 Å². The molecule has 2 nitrogen and oxygen atoms in total. The molecule has 0 spiro atoms. The number of likely N-dealkylation sites (tertiary alicyclic amines) is 1. The second-order valence-electron chi connectivity index (χ2n) is 5.44. The van der Waals surface area contributed by atoms with Gasteiger partial charge in [-0.05, 0) is 56.4 Å². The lowest BCUT2D eigenvalue weighted by Crippen LogP contribution is -2.44. The highest BCUT2D eigenvalue weighted by Gasteiger charge is 2.27. The topological polar surface area (TPSA) is 20.3 Å². The van der Waals surface area contributed by atoms with Gasteiger partial charge in [0.1, 0.15) is 5.82 Å². The normalized spacial score (nSPS) is 24.1. The smallest absolute Gasteiger partial charge is 0.254 e. The van der Waals surface area contributed by atoms with Crippen molar-refractivity contribution in [3.8, 4) is 0 Å². The molecule has 2 atom stereocenters. The summed E-state index contributed by atoms with van der Waals surface area (Å²) < 4.78 is 13.2. The molecule has 1 aliphatic rings. The third kappa shape index (κ3) is 2.55. The van der Waals surface area contributed by atoms with Crippen molar-refractivity contribution in [3.63, 3.8) is 0 Å². The SMILES string of the molecule is Cc1cc(C(=O)N2CCC(C)CC2C)ccc1F. The number of carbonyl (C=O) groups is 1. The fourth-order valence-electron chi connectivity index (χ4n) is 2.65. The Labute approximate surface area is 108 Å². The summed E-state index contributed by atoms with van der Waals surface area (Å²) in [4.78, 5) is 14.3. The molecule has 0 bridgehead atoms. The number of piperidine rings is 1. The van der Waals surface area contributed by atoms with E-state index in [0.717, 1.165) is 19.4 Å². The maximum Gasteiger partial charge on any atom is 0.254 e. The summed E-state index contributed by atoms with van der Waals surface area (Å²) in [5.41, 5.74) is 1.12. The largest absolute Gasteiger partial charge is 0.336 e. The number of nitrogens with zero attached hydrogens (tertiary/aromatic N) is 1. The highest BCUT2D eigenvalue weighted by molar-refractivity contribution is 5.94. The van der Waals surface area contributed by atoms with Crippen LogP contribution in [-0.2, 0) is 0 Å². The minimum Gasteiger partial charge on any atom is -0.336 e. The van der Waals surface area contributed by atoms with Gasteiger partial charge in [0.25, 0.3) is 5.91 Å². The molecule has 18 heavy (non-hydrogen) atoms. The van der Waals surface area contributed by atoms with Crippen molar-refractivity contribution in [2.75, 3.05) is 6.54 Å². The van der Waals surface area contributed by atoms with E-state index in [1.165, 1.54) is 6.07 Å². The molecule has 1 heterocycles. The number of hydrogen-bond donors (Lipinski definition) is 0. The molecule has 2 unspecified atom stereocenters. The van der Waals surface area contributed by atoms with Crippen molar-refractivity contribution in [1.82, 2.24) is 4.90 Å². The van der Waals surface area contributed by atoms with E-state index in [1.54, 1.807) is 19.1 Å². The second-order valence-corrected chi connectivity index (χ2v) is 5.44. The zero-order valence-electron chi connectivity index (χ0n) is 11.2. The van der Waals surface area contributed by atoms with Crippen molar-refractivity contribution >= 4 is 5.91 Å². The van der Waals surface area contributed by atoms with Crippen molar-refractivity contribution < 1.29 is 9.18 Å². The molecule has 0 N–H and O–H groups in total. The molecule has 0 radical (unpaired) electrons. The number of hydrogen-bond acceptors (Lipinski definition) is 1. The van der Waals surface area contributed by atoms with Crippen LogP contribution in [0.25, 0.3) is 0 Å². The van der Waals surface area contributed by atoms with Gasteiger partial charge >= 0.3 is 0 Å².